The van der Waals surface area contributed by atoms with Gasteiger partial charge in [-0.1, -0.05) is 48.5 Å². The largest absolute Gasteiger partial charge is 0.465 e. The maximum Gasteiger partial charge on any atom is 0.338 e. The number of hydrogen-bond acceptors (Lipinski definition) is 14. The molecule has 0 amide bonds. The molecule has 0 aliphatic rings. The molecule has 4 N–H and O–H groups in total. The summed E-state index contributed by atoms with van der Waals surface area (Å²) in [5.41, 5.74) is 14.9. The van der Waals surface area contributed by atoms with Gasteiger partial charge in [-0.15, -0.1) is 0 Å². The number of carbonyl (C=O) groups is 6. The van der Waals surface area contributed by atoms with Crippen molar-refractivity contribution in [2.75, 3.05) is 51.1 Å². The van der Waals surface area contributed by atoms with E-state index < -0.39 is 41.2 Å². The summed E-state index contributed by atoms with van der Waals surface area (Å²) < 4.78 is 32.4. The van der Waals surface area contributed by atoms with E-state index >= 15 is 0 Å². The summed E-state index contributed by atoms with van der Waals surface area (Å²) in [6.45, 7) is 4.59. The zero-order valence-corrected chi connectivity index (χ0v) is 38.4. The van der Waals surface area contributed by atoms with E-state index in [1.807, 2.05) is 0 Å². The third kappa shape index (κ3) is 18.7. The Balaban J connectivity index is 1.26. The normalized spacial score (nSPS) is 11.3. The molecule has 356 valence electrons. The monoisotopic (exact) mass is 918 g/mol. The fraction of sp³-hybridized carbons (Fsp3) is 0.358. The van der Waals surface area contributed by atoms with Crippen LogP contribution in [0, 0.1) is 5.41 Å². The van der Waals surface area contributed by atoms with Gasteiger partial charge in [0, 0.05) is 23.5 Å². The second-order valence-corrected chi connectivity index (χ2v) is 15.7. The van der Waals surface area contributed by atoms with E-state index in [0.717, 1.165) is 11.1 Å². The van der Waals surface area contributed by atoms with E-state index in [0.29, 0.717) is 85.0 Å². The number of unbranched alkanes of at least 4 members (excludes halogenated alkanes) is 6. The number of ether oxygens (including phenoxy) is 6. The molecular formula is C53H62N2O12. The van der Waals surface area contributed by atoms with Crippen molar-refractivity contribution in [2.24, 2.45) is 5.41 Å². The topological polar surface area (TPSA) is 210 Å². The minimum atomic E-state index is -1.72. The van der Waals surface area contributed by atoms with E-state index in [-0.39, 0.29) is 52.5 Å². The Morgan fingerprint density at radius 2 is 0.761 bits per heavy atom. The van der Waals surface area contributed by atoms with Gasteiger partial charge >= 0.3 is 35.8 Å². The van der Waals surface area contributed by atoms with Gasteiger partial charge in [0.25, 0.3) is 0 Å². The van der Waals surface area contributed by atoms with E-state index in [1.54, 1.807) is 123 Å². The predicted molar refractivity (Wildman–Crippen MR) is 255 cm³/mol. The van der Waals surface area contributed by atoms with Crippen LogP contribution >= 0.6 is 0 Å². The molecule has 0 atom stereocenters. The standard InChI is InChI=1S/C53H62N2O12/c1-3-62-47(56)31-21-39-13-23-43(24-14-39)49(58)64-33-9-5-7-11-35-66-51(60)53(37-41-17-27-45(54)28-18-41,38-42-19-29-46(55)30-20-42)52(61)67-36-12-8-6-10-34-65-50(59)44-25-15-40(16-26-44)22-32-48(57)63-4-2/h13-32H,3-12,33-38,54-55H2,1-2H3. The SMILES string of the molecule is CCOC(=O)C=Cc1ccc(C(=O)OCCCCCCOC(=O)C(Cc2ccc(N)cc2)(Cc2ccc(N)cc2)C(=O)OCCCCCCOC(=O)c2ccc(C=CC(=O)OCC)cc2)cc1. The molecule has 4 aromatic carbocycles. The summed E-state index contributed by atoms with van der Waals surface area (Å²) in [7, 11) is 0. The molecule has 14 heteroatoms. The van der Waals surface area contributed by atoms with E-state index in [1.165, 1.54) is 12.2 Å². The van der Waals surface area contributed by atoms with Crippen LogP contribution in [0.2, 0.25) is 0 Å². The smallest absolute Gasteiger partial charge is 0.338 e. The highest BCUT2D eigenvalue weighted by Gasteiger charge is 2.49. The highest BCUT2D eigenvalue weighted by molar-refractivity contribution is 6.01. The number of nitrogen functional groups attached to an aromatic ring is 2. The van der Waals surface area contributed by atoms with Crippen molar-refractivity contribution >= 4 is 59.3 Å². The van der Waals surface area contributed by atoms with Crippen molar-refractivity contribution in [3.8, 4) is 0 Å². The summed E-state index contributed by atoms with van der Waals surface area (Å²) >= 11 is 0. The lowest BCUT2D eigenvalue weighted by Crippen LogP contribution is -2.46. The quantitative estimate of drug-likeness (QED) is 0.0136. The van der Waals surface area contributed by atoms with Gasteiger partial charge in [0.2, 0.25) is 0 Å². The van der Waals surface area contributed by atoms with Crippen LogP contribution in [-0.2, 0) is 60.4 Å². The minimum absolute atomic E-state index is 0.00605. The molecule has 0 heterocycles. The van der Waals surface area contributed by atoms with Crippen LogP contribution in [0.4, 0.5) is 11.4 Å². The molecule has 0 saturated heterocycles. The Morgan fingerprint density at radius 1 is 0.433 bits per heavy atom. The van der Waals surface area contributed by atoms with Gasteiger partial charge in [0.15, 0.2) is 5.41 Å². The third-order valence-electron chi connectivity index (χ3n) is 10.5. The molecule has 0 aromatic heterocycles. The second kappa shape index (κ2) is 28.6. The lowest BCUT2D eigenvalue weighted by molar-refractivity contribution is -0.173. The van der Waals surface area contributed by atoms with Gasteiger partial charge in [0.05, 0.1) is 50.8 Å². The lowest BCUT2D eigenvalue weighted by atomic mass is 9.76. The van der Waals surface area contributed by atoms with Crippen LogP contribution in [0.1, 0.15) is 108 Å². The first-order chi connectivity index (χ1) is 32.4. The van der Waals surface area contributed by atoms with Gasteiger partial charge < -0.3 is 39.9 Å². The highest BCUT2D eigenvalue weighted by atomic mass is 16.6. The first kappa shape index (κ1) is 52.4. The zero-order valence-electron chi connectivity index (χ0n) is 38.4. The summed E-state index contributed by atoms with van der Waals surface area (Å²) in [5.74, 6) is -3.20. The number of nitrogens with two attached hydrogens (primary N) is 2. The third-order valence-corrected chi connectivity index (χ3v) is 10.5. The minimum Gasteiger partial charge on any atom is -0.465 e. The summed E-state index contributed by atoms with van der Waals surface area (Å²) in [4.78, 5) is 76.7. The van der Waals surface area contributed by atoms with E-state index in [4.69, 9.17) is 39.9 Å². The number of anilines is 2. The van der Waals surface area contributed by atoms with E-state index in [9.17, 15) is 28.8 Å². The molecule has 0 unspecified atom stereocenters. The van der Waals surface area contributed by atoms with Gasteiger partial charge in [-0.3, -0.25) is 9.59 Å². The lowest BCUT2D eigenvalue weighted by Gasteiger charge is -2.30. The molecule has 0 bridgehead atoms. The fourth-order valence-corrected chi connectivity index (χ4v) is 6.79. The Morgan fingerprint density at radius 3 is 1.09 bits per heavy atom. The van der Waals surface area contributed by atoms with Crippen molar-refractivity contribution in [3.05, 3.63) is 143 Å². The molecule has 0 spiro atoms. The molecule has 0 saturated carbocycles. The summed E-state index contributed by atoms with van der Waals surface area (Å²) in [5, 5.41) is 0. The summed E-state index contributed by atoms with van der Waals surface area (Å²) in [6.07, 6.45) is 10.9. The highest BCUT2D eigenvalue weighted by Crippen LogP contribution is 2.33. The molecule has 0 radical (unpaired) electrons. The maximum atomic E-state index is 14.2. The summed E-state index contributed by atoms with van der Waals surface area (Å²) in [6, 6.07) is 27.3. The van der Waals surface area contributed by atoms with Crippen molar-refractivity contribution in [1.29, 1.82) is 0 Å². The average Bonchev–Trinajstić information content (AvgIpc) is 3.33. The van der Waals surface area contributed by atoms with Crippen LogP contribution < -0.4 is 11.5 Å². The molecule has 0 aliphatic heterocycles. The average molecular weight is 919 g/mol. The van der Waals surface area contributed by atoms with Crippen molar-refractivity contribution in [2.45, 2.75) is 78.1 Å². The van der Waals surface area contributed by atoms with Crippen LogP contribution in [0.25, 0.3) is 12.2 Å². The van der Waals surface area contributed by atoms with Crippen LogP contribution in [0.5, 0.6) is 0 Å². The number of rotatable bonds is 28. The van der Waals surface area contributed by atoms with Crippen molar-refractivity contribution in [3.63, 3.8) is 0 Å². The number of benzene rings is 4. The molecule has 67 heavy (non-hydrogen) atoms. The van der Waals surface area contributed by atoms with E-state index in [2.05, 4.69) is 0 Å². The Hall–Kier alpha value is -7.22. The number of esters is 6. The first-order valence-corrected chi connectivity index (χ1v) is 22.7. The Kier molecular flexibility index (Phi) is 22.4. The zero-order chi connectivity index (χ0) is 48.3. The van der Waals surface area contributed by atoms with Crippen LogP contribution in [0.15, 0.2) is 109 Å². The Labute approximate surface area is 392 Å². The van der Waals surface area contributed by atoms with Gasteiger partial charge in [0.1, 0.15) is 0 Å². The molecule has 4 rings (SSSR count). The fourth-order valence-electron chi connectivity index (χ4n) is 6.79. The molecular weight excluding hydrogens is 857 g/mol. The van der Waals surface area contributed by atoms with Gasteiger partial charge in [-0.2, -0.15) is 0 Å². The van der Waals surface area contributed by atoms with Crippen LogP contribution in [0.3, 0.4) is 0 Å². The molecule has 0 fully saturated rings. The molecule has 0 aliphatic carbocycles. The molecule has 4 aromatic rings. The predicted octanol–water partition coefficient (Wildman–Crippen LogP) is 8.70. The molecule has 14 nitrogen and oxygen atoms in total. The van der Waals surface area contributed by atoms with Gasteiger partial charge in [-0.05, 0) is 161 Å². The van der Waals surface area contributed by atoms with Crippen molar-refractivity contribution < 1.29 is 57.2 Å². The maximum absolute atomic E-state index is 14.2. The van der Waals surface area contributed by atoms with Gasteiger partial charge in [-0.25, -0.2) is 19.2 Å². The number of carbonyl (C=O) groups excluding carboxylic acids is 6. The number of hydrogen-bond donors (Lipinski definition) is 2. The van der Waals surface area contributed by atoms with Crippen molar-refractivity contribution in [1.82, 2.24) is 0 Å². The first-order valence-electron chi connectivity index (χ1n) is 22.7. The Bertz CT molecular complexity index is 2090. The van der Waals surface area contributed by atoms with Crippen LogP contribution in [-0.4, -0.2) is 75.5 Å². The second-order valence-electron chi connectivity index (χ2n) is 15.7.